The Labute approximate surface area is 108 Å². The Hall–Kier alpha value is -1.04. The number of aromatic nitrogens is 2. The lowest BCUT2D eigenvalue weighted by Crippen LogP contribution is -2.17. The van der Waals surface area contributed by atoms with Crippen LogP contribution in [0.3, 0.4) is 0 Å². The molecule has 0 fully saturated rings. The molecule has 0 unspecified atom stereocenters. The van der Waals surface area contributed by atoms with E-state index in [1.165, 1.54) is 23.5 Å². The normalized spacial score (nSPS) is 11.1. The summed E-state index contributed by atoms with van der Waals surface area (Å²) >= 11 is 7.08. The van der Waals surface area contributed by atoms with Gasteiger partial charge in [-0.1, -0.05) is 23.5 Å². The summed E-state index contributed by atoms with van der Waals surface area (Å²) in [7, 11) is 1.97. The second-order valence-electron chi connectivity index (χ2n) is 3.75. The summed E-state index contributed by atoms with van der Waals surface area (Å²) in [6, 6.07) is 6.48. The fourth-order valence-electron chi connectivity index (χ4n) is 1.49. The molecule has 90 valence electrons. The third-order valence-corrected chi connectivity index (χ3v) is 3.22. The maximum Gasteiger partial charge on any atom is 0.207 e. The van der Waals surface area contributed by atoms with Crippen LogP contribution < -0.4 is 0 Å². The Bertz CT molecular complexity index is 486. The van der Waals surface area contributed by atoms with E-state index in [1.54, 1.807) is 12.1 Å². The van der Waals surface area contributed by atoms with Gasteiger partial charge in [-0.2, -0.15) is 0 Å². The average Bonchev–Trinajstić information content (AvgIpc) is 2.67. The van der Waals surface area contributed by atoms with Gasteiger partial charge in [0, 0.05) is 6.54 Å². The molecule has 0 aliphatic heterocycles. The lowest BCUT2D eigenvalue weighted by molar-refractivity contribution is 0.317. The van der Waals surface area contributed by atoms with Gasteiger partial charge in [-0.15, -0.1) is 10.2 Å². The van der Waals surface area contributed by atoms with Gasteiger partial charge in [0.2, 0.25) is 4.47 Å². The second-order valence-corrected chi connectivity index (χ2v) is 5.39. The topological polar surface area (TPSA) is 29.0 Å². The Morgan fingerprint density at radius 1 is 1.24 bits per heavy atom. The lowest BCUT2D eigenvalue weighted by Gasteiger charge is -2.14. The van der Waals surface area contributed by atoms with E-state index in [-0.39, 0.29) is 5.82 Å². The van der Waals surface area contributed by atoms with Gasteiger partial charge in [-0.25, -0.2) is 4.39 Å². The van der Waals surface area contributed by atoms with Crippen molar-refractivity contribution in [2.24, 2.45) is 0 Å². The Balaban J connectivity index is 1.93. The Morgan fingerprint density at radius 3 is 2.53 bits per heavy atom. The number of hydrogen-bond acceptors (Lipinski definition) is 4. The number of benzene rings is 1. The zero-order chi connectivity index (χ0) is 12.3. The van der Waals surface area contributed by atoms with E-state index in [1.807, 2.05) is 7.05 Å². The summed E-state index contributed by atoms with van der Waals surface area (Å²) in [5, 5.41) is 8.57. The first-order valence-corrected chi connectivity index (χ1v) is 6.24. The van der Waals surface area contributed by atoms with Crippen LogP contribution in [0.1, 0.15) is 10.6 Å². The summed E-state index contributed by atoms with van der Waals surface area (Å²) in [5.74, 6) is -0.215. The minimum absolute atomic E-state index is 0.215. The van der Waals surface area contributed by atoms with Gasteiger partial charge in [0.05, 0.1) is 6.54 Å². The molecule has 1 aromatic carbocycles. The number of rotatable bonds is 4. The number of hydrogen-bond donors (Lipinski definition) is 0. The number of halogens is 2. The van der Waals surface area contributed by atoms with Crippen LogP contribution in [0.25, 0.3) is 0 Å². The third-order valence-electron chi connectivity index (χ3n) is 2.21. The van der Waals surface area contributed by atoms with E-state index in [0.717, 1.165) is 17.1 Å². The molecule has 2 rings (SSSR count). The van der Waals surface area contributed by atoms with Crippen LogP contribution in [-0.4, -0.2) is 22.1 Å². The molecule has 0 saturated carbocycles. The van der Waals surface area contributed by atoms with Crippen LogP contribution in [0.15, 0.2) is 24.3 Å². The molecule has 1 aromatic heterocycles. The fourth-order valence-corrected chi connectivity index (χ4v) is 2.43. The summed E-state index contributed by atoms with van der Waals surface area (Å²) in [4.78, 5) is 2.07. The first-order chi connectivity index (χ1) is 8.13. The van der Waals surface area contributed by atoms with Crippen molar-refractivity contribution in [3.05, 3.63) is 45.1 Å². The molecule has 0 bridgehead atoms. The summed E-state index contributed by atoms with van der Waals surface area (Å²) in [6.45, 7) is 1.42. The molecule has 0 radical (unpaired) electrons. The monoisotopic (exact) mass is 271 g/mol. The van der Waals surface area contributed by atoms with Crippen LogP contribution in [0.2, 0.25) is 4.47 Å². The van der Waals surface area contributed by atoms with Gasteiger partial charge in [0.1, 0.15) is 10.8 Å². The third kappa shape index (κ3) is 3.73. The average molecular weight is 272 g/mol. The largest absolute Gasteiger partial charge is 0.295 e. The lowest BCUT2D eigenvalue weighted by atomic mass is 10.2. The van der Waals surface area contributed by atoms with Gasteiger partial charge in [-0.05, 0) is 36.3 Å². The van der Waals surface area contributed by atoms with Crippen molar-refractivity contribution in [2.45, 2.75) is 13.1 Å². The molecule has 0 aliphatic carbocycles. The van der Waals surface area contributed by atoms with E-state index < -0.39 is 0 Å². The molecule has 0 spiro atoms. The molecule has 0 N–H and O–H groups in total. The predicted octanol–water partition coefficient (Wildman–Crippen LogP) is 2.96. The van der Waals surface area contributed by atoms with E-state index in [2.05, 4.69) is 15.1 Å². The summed E-state index contributed by atoms with van der Waals surface area (Å²) < 4.78 is 13.2. The van der Waals surface area contributed by atoms with Crippen molar-refractivity contribution >= 4 is 22.9 Å². The van der Waals surface area contributed by atoms with Crippen molar-refractivity contribution in [3.8, 4) is 0 Å². The van der Waals surface area contributed by atoms with Crippen molar-refractivity contribution in [2.75, 3.05) is 7.05 Å². The molecule has 0 saturated heterocycles. The smallest absolute Gasteiger partial charge is 0.207 e. The molecular weight excluding hydrogens is 261 g/mol. The van der Waals surface area contributed by atoms with Crippen LogP contribution in [0, 0.1) is 5.82 Å². The molecule has 0 aliphatic rings. The molecule has 3 nitrogen and oxygen atoms in total. The van der Waals surface area contributed by atoms with Crippen molar-refractivity contribution < 1.29 is 4.39 Å². The molecule has 2 aromatic rings. The van der Waals surface area contributed by atoms with Crippen LogP contribution in [-0.2, 0) is 13.1 Å². The van der Waals surface area contributed by atoms with E-state index in [0.29, 0.717) is 11.0 Å². The standard InChI is InChI=1S/C11H11ClFN3S/c1-16(7-10-14-15-11(12)17-10)6-8-2-4-9(13)5-3-8/h2-5H,6-7H2,1H3. The van der Waals surface area contributed by atoms with Gasteiger partial charge >= 0.3 is 0 Å². The van der Waals surface area contributed by atoms with Crippen LogP contribution >= 0.6 is 22.9 Å². The first kappa shape index (κ1) is 12.4. The highest BCUT2D eigenvalue weighted by Crippen LogP contribution is 2.16. The minimum Gasteiger partial charge on any atom is -0.295 e. The fraction of sp³-hybridized carbons (Fsp3) is 0.273. The van der Waals surface area contributed by atoms with E-state index >= 15 is 0 Å². The van der Waals surface area contributed by atoms with E-state index in [9.17, 15) is 4.39 Å². The molecule has 6 heteroatoms. The van der Waals surface area contributed by atoms with Crippen LogP contribution in [0.4, 0.5) is 4.39 Å². The Morgan fingerprint density at radius 2 is 1.94 bits per heavy atom. The van der Waals surface area contributed by atoms with Gasteiger partial charge in [0.25, 0.3) is 0 Å². The van der Waals surface area contributed by atoms with Crippen molar-refractivity contribution in [1.82, 2.24) is 15.1 Å². The SMILES string of the molecule is CN(Cc1ccc(F)cc1)Cc1nnc(Cl)s1. The zero-order valence-corrected chi connectivity index (χ0v) is 10.8. The molecule has 17 heavy (non-hydrogen) atoms. The van der Waals surface area contributed by atoms with Crippen LogP contribution in [0.5, 0.6) is 0 Å². The highest BCUT2D eigenvalue weighted by Gasteiger charge is 2.06. The predicted molar refractivity (Wildman–Crippen MR) is 66.5 cm³/mol. The zero-order valence-electron chi connectivity index (χ0n) is 9.23. The molecule has 0 amide bonds. The summed E-state index contributed by atoms with van der Waals surface area (Å²) in [5.41, 5.74) is 1.06. The summed E-state index contributed by atoms with van der Waals surface area (Å²) in [6.07, 6.45) is 0. The quantitative estimate of drug-likeness (QED) is 0.856. The Kier molecular flexibility index (Phi) is 4.04. The highest BCUT2D eigenvalue weighted by molar-refractivity contribution is 7.15. The maximum absolute atomic E-state index is 12.7. The number of nitrogens with zero attached hydrogens (tertiary/aromatic N) is 3. The molecular formula is C11H11ClFN3S. The van der Waals surface area contributed by atoms with Gasteiger partial charge in [-0.3, -0.25) is 4.90 Å². The van der Waals surface area contributed by atoms with E-state index in [4.69, 9.17) is 11.6 Å². The first-order valence-electron chi connectivity index (χ1n) is 5.04. The van der Waals surface area contributed by atoms with Crippen molar-refractivity contribution in [3.63, 3.8) is 0 Å². The van der Waals surface area contributed by atoms with Gasteiger partial charge < -0.3 is 0 Å². The maximum atomic E-state index is 12.7. The molecule has 0 atom stereocenters. The highest BCUT2D eigenvalue weighted by atomic mass is 35.5. The van der Waals surface area contributed by atoms with Crippen molar-refractivity contribution in [1.29, 1.82) is 0 Å². The molecule has 1 heterocycles. The minimum atomic E-state index is -0.215. The second kappa shape index (κ2) is 5.53. The van der Waals surface area contributed by atoms with Gasteiger partial charge in [0.15, 0.2) is 0 Å².